The van der Waals surface area contributed by atoms with Crippen molar-refractivity contribution in [2.45, 2.75) is 13.5 Å². The minimum atomic E-state index is 0.788. The van der Waals surface area contributed by atoms with Gasteiger partial charge >= 0.3 is 0 Å². The summed E-state index contributed by atoms with van der Waals surface area (Å²) in [6, 6.07) is 8.12. The molecule has 2 aromatic rings. The van der Waals surface area contributed by atoms with Crippen LogP contribution in [0, 0.1) is 6.92 Å². The van der Waals surface area contributed by atoms with Crippen LogP contribution in [0.15, 0.2) is 28.7 Å². The summed E-state index contributed by atoms with van der Waals surface area (Å²) in [4.78, 5) is 7.87. The van der Waals surface area contributed by atoms with Gasteiger partial charge in [0, 0.05) is 22.3 Å². The van der Waals surface area contributed by atoms with Gasteiger partial charge in [-0.05, 0) is 26.1 Å². The first-order valence-electron chi connectivity index (χ1n) is 5.16. The van der Waals surface area contributed by atoms with Crippen molar-refractivity contribution in [2.75, 3.05) is 7.05 Å². The van der Waals surface area contributed by atoms with Gasteiger partial charge in [0.15, 0.2) is 0 Å². The fourth-order valence-corrected chi connectivity index (χ4v) is 2.01. The highest BCUT2D eigenvalue weighted by atomic mass is 79.9. The molecule has 1 aromatic carbocycles. The molecule has 2 rings (SSSR count). The maximum absolute atomic E-state index is 4.57. The van der Waals surface area contributed by atoms with E-state index in [2.05, 4.69) is 37.3 Å². The second-order valence-corrected chi connectivity index (χ2v) is 4.61. The van der Waals surface area contributed by atoms with Crippen LogP contribution in [0.5, 0.6) is 0 Å². The summed E-state index contributed by atoms with van der Waals surface area (Å²) >= 11 is 3.46. The van der Waals surface area contributed by atoms with E-state index in [9.17, 15) is 0 Å². The Hall–Kier alpha value is -1.13. The van der Waals surface area contributed by atoms with E-state index < -0.39 is 0 Å². The minimum Gasteiger partial charge on any atom is -0.342 e. The number of halogens is 1. The molecule has 1 aromatic heterocycles. The maximum atomic E-state index is 4.57. The van der Waals surface area contributed by atoms with Crippen molar-refractivity contribution < 1.29 is 0 Å². The second kappa shape index (κ2) is 4.80. The highest BCUT2D eigenvalue weighted by molar-refractivity contribution is 9.10. The molecule has 0 saturated carbocycles. The van der Waals surface area contributed by atoms with Gasteiger partial charge in [-0.1, -0.05) is 28.1 Å². The molecule has 0 bridgehead atoms. The number of aromatic nitrogens is 2. The maximum Gasteiger partial charge on any atom is 0.137 e. The minimum absolute atomic E-state index is 0.788. The van der Waals surface area contributed by atoms with Crippen molar-refractivity contribution in [3.63, 3.8) is 0 Å². The summed E-state index contributed by atoms with van der Waals surface area (Å²) < 4.78 is 1.06. The number of H-pyrrole nitrogens is 1. The van der Waals surface area contributed by atoms with Crippen LogP contribution in [0.1, 0.15) is 11.4 Å². The Balaban J connectivity index is 2.37. The molecule has 4 heteroatoms. The van der Waals surface area contributed by atoms with Crippen LogP contribution in [0.25, 0.3) is 11.4 Å². The Morgan fingerprint density at radius 1 is 1.44 bits per heavy atom. The third-order valence-corrected chi connectivity index (χ3v) is 2.92. The smallest absolute Gasteiger partial charge is 0.137 e. The number of hydrogen-bond acceptors (Lipinski definition) is 2. The van der Waals surface area contributed by atoms with Gasteiger partial charge in [0.2, 0.25) is 0 Å². The lowest BCUT2D eigenvalue weighted by Crippen LogP contribution is -2.06. The molecule has 0 radical (unpaired) electrons. The zero-order chi connectivity index (χ0) is 11.5. The highest BCUT2D eigenvalue weighted by Crippen LogP contribution is 2.21. The van der Waals surface area contributed by atoms with E-state index in [1.807, 2.05) is 32.2 Å². The number of imidazole rings is 1. The number of benzene rings is 1. The van der Waals surface area contributed by atoms with Crippen molar-refractivity contribution in [1.82, 2.24) is 15.3 Å². The van der Waals surface area contributed by atoms with Crippen molar-refractivity contribution in [3.05, 3.63) is 40.1 Å². The number of aromatic amines is 1. The Labute approximate surface area is 103 Å². The Kier molecular flexibility index (Phi) is 3.41. The third kappa shape index (κ3) is 2.33. The monoisotopic (exact) mass is 279 g/mol. The second-order valence-electron chi connectivity index (χ2n) is 3.70. The fraction of sp³-hybridized carbons (Fsp3) is 0.250. The lowest BCUT2D eigenvalue weighted by atomic mass is 10.2. The summed E-state index contributed by atoms with van der Waals surface area (Å²) in [7, 11) is 1.92. The van der Waals surface area contributed by atoms with Crippen LogP contribution in [0.4, 0.5) is 0 Å². The molecular formula is C12H14BrN3. The van der Waals surface area contributed by atoms with Crippen LogP contribution in [-0.2, 0) is 6.54 Å². The van der Waals surface area contributed by atoms with Gasteiger partial charge in [-0.25, -0.2) is 4.98 Å². The average Bonchev–Trinajstić information content (AvgIpc) is 2.61. The molecule has 0 spiro atoms. The highest BCUT2D eigenvalue weighted by Gasteiger charge is 2.07. The molecule has 2 N–H and O–H groups in total. The summed E-state index contributed by atoms with van der Waals surface area (Å²) in [6.45, 7) is 2.83. The van der Waals surface area contributed by atoms with Gasteiger partial charge in [-0.15, -0.1) is 0 Å². The quantitative estimate of drug-likeness (QED) is 0.907. The lowest BCUT2D eigenvalue weighted by Gasteiger charge is -1.97. The van der Waals surface area contributed by atoms with Gasteiger partial charge in [0.05, 0.1) is 5.69 Å². The van der Waals surface area contributed by atoms with Crippen molar-refractivity contribution in [2.24, 2.45) is 0 Å². The molecule has 0 aliphatic carbocycles. The van der Waals surface area contributed by atoms with E-state index in [4.69, 9.17) is 0 Å². The zero-order valence-corrected chi connectivity index (χ0v) is 10.9. The average molecular weight is 280 g/mol. The van der Waals surface area contributed by atoms with Crippen LogP contribution in [-0.4, -0.2) is 17.0 Å². The molecule has 0 amide bonds. The molecule has 0 atom stereocenters. The predicted octanol–water partition coefficient (Wildman–Crippen LogP) is 2.87. The molecule has 1 heterocycles. The van der Waals surface area contributed by atoms with Crippen LogP contribution in [0.2, 0.25) is 0 Å². The number of aryl methyl sites for hydroxylation is 1. The number of hydrogen-bond donors (Lipinski definition) is 2. The molecule has 0 aliphatic rings. The molecule has 0 unspecified atom stereocenters. The molecule has 84 valence electrons. The topological polar surface area (TPSA) is 40.7 Å². The summed E-state index contributed by atoms with van der Waals surface area (Å²) in [6.07, 6.45) is 0. The van der Waals surface area contributed by atoms with Crippen molar-refractivity contribution >= 4 is 15.9 Å². The van der Waals surface area contributed by atoms with E-state index in [1.165, 1.54) is 0 Å². The number of nitrogens with one attached hydrogen (secondary N) is 2. The van der Waals surface area contributed by atoms with E-state index in [-0.39, 0.29) is 0 Å². The largest absolute Gasteiger partial charge is 0.342 e. The van der Waals surface area contributed by atoms with E-state index >= 15 is 0 Å². The fourth-order valence-electron chi connectivity index (χ4n) is 1.61. The third-order valence-electron chi connectivity index (χ3n) is 2.43. The van der Waals surface area contributed by atoms with Crippen LogP contribution in [0.3, 0.4) is 0 Å². The van der Waals surface area contributed by atoms with Crippen LogP contribution >= 0.6 is 15.9 Å². The SMILES string of the molecule is CNCc1nc(-c2cccc(Br)c2)[nH]c1C. The number of rotatable bonds is 3. The summed E-state index contributed by atoms with van der Waals surface area (Å²) in [5, 5.41) is 3.11. The molecule has 0 aliphatic heterocycles. The normalized spacial score (nSPS) is 10.7. The van der Waals surface area contributed by atoms with E-state index in [1.54, 1.807) is 0 Å². The van der Waals surface area contributed by atoms with Gasteiger partial charge in [-0.2, -0.15) is 0 Å². The summed E-state index contributed by atoms with van der Waals surface area (Å²) in [5.74, 6) is 0.920. The van der Waals surface area contributed by atoms with Gasteiger partial charge in [0.25, 0.3) is 0 Å². The first kappa shape index (κ1) is 11.4. The van der Waals surface area contributed by atoms with Crippen LogP contribution < -0.4 is 5.32 Å². The molecule has 16 heavy (non-hydrogen) atoms. The Morgan fingerprint density at radius 3 is 2.94 bits per heavy atom. The van der Waals surface area contributed by atoms with Crippen molar-refractivity contribution in [1.29, 1.82) is 0 Å². The van der Waals surface area contributed by atoms with Gasteiger partial charge in [0.1, 0.15) is 5.82 Å². The van der Waals surface area contributed by atoms with E-state index in [0.717, 1.165) is 33.8 Å². The molecule has 0 saturated heterocycles. The molecule has 0 fully saturated rings. The first-order valence-corrected chi connectivity index (χ1v) is 5.96. The lowest BCUT2D eigenvalue weighted by molar-refractivity contribution is 0.791. The number of nitrogens with zero attached hydrogens (tertiary/aromatic N) is 1. The van der Waals surface area contributed by atoms with E-state index in [0.29, 0.717) is 0 Å². The first-order chi connectivity index (χ1) is 7.70. The Bertz CT molecular complexity index is 491. The van der Waals surface area contributed by atoms with Crippen molar-refractivity contribution in [3.8, 4) is 11.4 Å². The molecule has 3 nitrogen and oxygen atoms in total. The molecular weight excluding hydrogens is 266 g/mol. The van der Waals surface area contributed by atoms with Gasteiger partial charge < -0.3 is 10.3 Å². The standard InChI is InChI=1S/C12H14BrN3/c1-8-11(7-14-2)16-12(15-8)9-4-3-5-10(13)6-9/h3-6,14H,7H2,1-2H3,(H,15,16). The predicted molar refractivity (Wildman–Crippen MR) is 69.2 cm³/mol. The van der Waals surface area contributed by atoms with Gasteiger partial charge in [-0.3, -0.25) is 0 Å². The Morgan fingerprint density at radius 2 is 2.25 bits per heavy atom. The zero-order valence-electron chi connectivity index (χ0n) is 9.34. The summed E-state index contributed by atoms with van der Waals surface area (Å²) in [5.41, 5.74) is 3.28.